The van der Waals surface area contributed by atoms with Crippen molar-refractivity contribution in [2.75, 3.05) is 13.7 Å². The number of hydrogen-bond donors (Lipinski definition) is 1. The number of ether oxygens (including phenoxy) is 1. The van der Waals surface area contributed by atoms with Gasteiger partial charge in [0.25, 0.3) is 0 Å². The second-order valence-electron chi connectivity index (χ2n) is 7.22. The van der Waals surface area contributed by atoms with Gasteiger partial charge in [-0.05, 0) is 36.1 Å². The highest BCUT2D eigenvalue weighted by atomic mass is 16.5. The number of aliphatic hydroxyl groups excluding tert-OH is 1. The largest absolute Gasteiger partial charge is 0.392 e. The average Bonchev–Trinajstić information content (AvgIpc) is 2.92. The van der Waals surface area contributed by atoms with Gasteiger partial charge in [-0.3, -0.25) is 14.5 Å². The summed E-state index contributed by atoms with van der Waals surface area (Å²) in [5, 5.41) is 9.32. The summed E-state index contributed by atoms with van der Waals surface area (Å²) < 4.78 is 6.03. The van der Waals surface area contributed by atoms with Gasteiger partial charge in [-0.15, -0.1) is 0 Å². The van der Waals surface area contributed by atoms with Crippen LogP contribution in [0.15, 0.2) is 29.8 Å². The minimum Gasteiger partial charge on any atom is -0.392 e. The van der Waals surface area contributed by atoms with Crippen LogP contribution in [0.5, 0.6) is 0 Å². The lowest BCUT2D eigenvalue weighted by Gasteiger charge is -2.36. The van der Waals surface area contributed by atoms with E-state index in [-0.39, 0.29) is 36.2 Å². The molecular weight excluding hydrogens is 306 g/mol. The molecule has 0 unspecified atom stereocenters. The molecule has 2 saturated heterocycles. The van der Waals surface area contributed by atoms with Crippen LogP contribution in [0.2, 0.25) is 0 Å². The van der Waals surface area contributed by atoms with Gasteiger partial charge in [0.1, 0.15) is 0 Å². The Morgan fingerprint density at radius 2 is 2.12 bits per heavy atom. The van der Waals surface area contributed by atoms with Crippen molar-refractivity contribution in [2.45, 2.75) is 25.6 Å². The van der Waals surface area contributed by atoms with Crippen LogP contribution in [0.3, 0.4) is 0 Å². The molecule has 1 saturated carbocycles. The predicted octanol–water partition coefficient (Wildman–Crippen LogP) is 1.60. The Morgan fingerprint density at radius 3 is 2.88 bits per heavy atom. The summed E-state index contributed by atoms with van der Waals surface area (Å²) in [5.74, 6) is -0.773. The Bertz CT molecular complexity index is 755. The summed E-state index contributed by atoms with van der Waals surface area (Å²) in [4.78, 5) is 26.2. The molecule has 0 spiro atoms. The fourth-order valence-electron chi connectivity index (χ4n) is 4.53. The van der Waals surface area contributed by atoms with Crippen molar-refractivity contribution >= 4 is 17.9 Å². The normalized spacial score (nSPS) is 36.5. The van der Waals surface area contributed by atoms with Gasteiger partial charge >= 0.3 is 0 Å². The highest BCUT2D eigenvalue weighted by Gasteiger charge is 2.61. The molecule has 126 valence electrons. The summed E-state index contributed by atoms with van der Waals surface area (Å²) in [6.45, 7) is 2.49. The molecule has 1 aliphatic carbocycles. The highest BCUT2D eigenvalue weighted by molar-refractivity contribution is 6.05. The van der Waals surface area contributed by atoms with E-state index in [1.807, 2.05) is 31.2 Å². The van der Waals surface area contributed by atoms with E-state index in [1.165, 1.54) is 4.90 Å². The van der Waals surface area contributed by atoms with E-state index in [9.17, 15) is 14.7 Å². The van der Waals surface area contributed by atoms with Gasteiger partial charge in [0, 0.05) is 13.0 Å². The maximum absolute atomic E-state index is 12.5. The first-order chi connectivity index (χ1) is 11.4. The standard InChI is InChI=1S/C19H21NO4/c1-19-8-13-16(18(23)20(2)17(13)22)14(10-24-19)15(19)7-11-4-3-5-12(6-11)9-21/h3-7,13-14,16,21H,8-10H2,1-2H3/b15-7+/t13-,14+,16-,19+/m1/s1. The summed E-state index contributed by atoms with van der Waals surface area (Å²) in [6, 6.07) is 7.71. The third-order valence-electron chi connectivity index (χ3n) is 5.79. The molecule has 24 heavy (non-hydrogen) atoms. The minimum absolute atomic E-state index is 0.00328. The number of amides is 2. The van der Waals surface area contributed by atoms with Crippen LogP contribution in [0.4, 0.5) is 0 Å². The van der Waals surface area contributed by atoms with Gasteiger partial charge < -0.3 is 9.84 Å². The highest BCUT2D eigenvalue weighted by Crippen LogP contribution is 2.54. The van der Waals surface area contributed by atoms with Gasteiger partial charge in [-0.25, -0.2) is 0 Å². The van der Waals surface area contributed by atoms with Gasteiger partial charge in [-0.2, -0.15) is 0 Å². The molecule has 5 nitrogen and oxygen atoms in total. The smallest absolute Gasteiger partial charge is 0.233 e. The van der Waals surface area contributed by atoms with Gasteiger partial charge in [0.05, 0.1) is 30.7 Å². The molecular formula is C19H21NO4. The Hall–Kier alpha value is -1.98. The van der Waals surface area contributed by atoms with E-state index in [4.69, 9.17) is 4.74 Å². The van der Waals surface area contributed by atoms with Crippen LogP contribution in [-0.4, -0.2) is 41.1 Å². The third kappa shape index (κ3) is 2.08. The zero-order chi connectivity index (χ0) is 17.1. The van der Waals surface area contributed by atoms with Gasteiger partial charge in [0.15, 0.2) is 0 Å². The molecule has 1 N–H and O–H groups in total. The van der Waals surface area contributed by atoms with Crippen molar-refractivity contribution in [1.82, 2.24) is 4.90 Å². The molecule has 5 heteroatoms. The second-order valence-corrected chi connectivity index (χ2v) is 7.22. The van der Waals surface area contributed by atoms with E-state index in [2.05, 4.69) is 6.08 Å². The van der Waals surface area contributed by atoms with Crippen LogP contribution in [0, 0.1) is 17.8 Å². The predicted molar refractivity (Wildman–Crippen MR) is 87.6 cm³/mol. The third-order valence-corrected chi connectivity index (χ3v) is 5.79. The fourth-order valence-corrected chi connectivity index (χ4v) is 4.53. The first-order valence-corrected chi connectivity index (χ1v) is 8.32. The van der Waals surface area contributed by atoms with Crippen molar-refractivity contribution in [3.8, 4) is 0 Å². The number of likely N-dealkylation sites (tertiary alicyclic amines) is 1. The number of carbonyl (C=O) groups is 2. The zero-order valence-corrected chi connectivity index (χ0v) is 13.9. The van der Waals surface area contributed by atoms with Gasteiger partial charge in [-0.1, -0.05) is 24.3 Å². The maximum Gasteiger partial charge on any atom is 0.233 e. The van der Waals surface area contributed by atoms with Crippen molar-refractivity contribution < 1.29 is 19.4 Å². The number of fused-ring (bicyclic) bond motifs is 4. The van der Waals surface area contributed by atoms with E-state index >= 15 is 0 Å². The van der Waals surface area contributed by atoms with Crippen LogP contribution < -0.4 is 0 Å². The van der Waals surface area contributed by atoms with Crippen molar-refractivity contribution in [3.63, 3.8) is 0 Å². The number of aliphatic hydroxyl groups is 1. The fraction of sp³-hybridized carbons (Fsp3) is 0.474. The molecule has 0 radical (unpaired) electrons. The van der Waals surface area contributed by atoms with Crippen molar-refractivity contribution in [3.05, 3.63) is 41.0 Å². The molecule has 4 rings (SSSR count). The Balaban J connectivity index is 1.76. The van der Waals surface area contributed by atoms with Crippen molar-refractivity contribution in [2.24, 2.45) is 17.8 Å². The maximum atomic E-state index is 12.5. The lowest BCUT2D eigenvalue weighted by molar-refractivity contribution is -0.138. The number of carbonyl (C=O) groups excluding carboxylic acids is 2. The number of nitrogens with zero attached hydrogens (tertiary/aromatic N) is 1. The number of rotatable bonds is 2. The lowest BCUT2D eigenvalue weighted by atomic mass is 9.66. The molecule has 2 bridgehead atoms. The summed E-state index contributed by atoms with van der Waals surface area (Å²) in [6.07, 6.45) is 2.62. The molecule has 0 aromatic heterocycles. The van der Waals surface area contributed by atoms with Crippen LogP contribution in [0.1, 0.15) is 24.5 Å². The monoisotopic (exact) mass is 327 g/mol. The van der Waals surface area contributed by atoms with E-state index in [1.54, 1.807) is 7.05 Å². The molecule has 2 heterocycles. The second kappa shape index (κ2) is 5.26. The molecule has 4 atom stereocenters. The summed E-state index contributed by atoms with van der Waals surface area (Å²) in [7, 11) is 1.58. The zero-order valence-electron chi connectivity index (χ0n) is 13.9. The SMILES string of the molecule is CN1C(=O)[C@@H]2[C@@H](C[C@]3(C)OC[C@H]2/C3=C\c2cccc(CO)c2)C1=O. The van der Waals surface area contributed by atoms with Crippen molar-refractivity contribution in [1.29, 1.82) is 0 Å². The topological polar surface area (TPSA) is 66.8 Å². The molecule has 2 aliphatic heterocycles. The van der Waals surface area contributed by atoms with Gasteiger partial charge in [0.2, 0.25) is 11.8 Å². The molecule has 2 amide bonds. The quantitative estimate of drug-likeness (QED) is 0.838. The van der Waals surface area contributed by atoms with E-state index < -0.39 is 5.60 Å². The lowest BCUT2D eigenvalue weighted by Crippen LogP contribution is -2.40. The van der Waals surface area contributed by atoms with E-state index in [0.717, 1.165) is 16.7 Å². The average molecular weight is 327 g/mol. The van der Waals surface area contributed by atoms with Crippen LogP contribution in [-0.2, 0) is 20.9 Å². The minimum atomic E-state index is -0.498. The first-order valence-electron chi connectivity index (χ1n) is 8.32. The molecule has 1 aromatic carbocycles. The Kier molecular flexibility index (Phi) is 3.41. The first kappa shape index (κ1) is 15.5. The van der Waals surface area contributed by atoms with Crippen LogP contribution >= 0.6 is 0 Å². The number of benzene rings is 1. The molecule has 3 fully saturated rings. The summed E-state index contributed by atoms with van der Waals surface area (Å²) in [5.41, 5.74) is 2.43. The Morgan fingerprint density at radius 1 is 1.33 bits per heavy atom. The summed E-state index contributed by atoms with van der Waals surface area (Å²) >= 11 is 0. The number of imide groups is 1. The molecule has 1 aromatic rings. The molecule has 3 aliphatic rings. The Labute approximate surface area is 140 Å². The number of hydrogen-bond acceptors (Lipinski definition) is 4. The van der Waals surface area contributed by atoms with E-state index in [0.29, 0.717) is 13.0 Å². The van der Waals surface area contributed by atoms with Crippen LogP contribution in [0.25, 0.3) is 6.08 Å².